The lowest BCUT2D eigenvalue weighted by Crippen LogP contribution is -2.16. The monoisotopic (exact) mass is 237 g/mol. The van der Waals surface area contributed by atoms with Crippen LogP contribution in [0.3, 0.4) is 0 Å². The Morgan fingerprint density at radius 2 is 2.12 bits per heavy atom. The molecule has 0 bridgehead atoms. The molecule has 0 spiro atoms. The number of fused-ring (bicyclic) bond motifs is 1. The van der Waals surface area contributed by atoms with Gasteiger partial charge in [0.1, 0.15) is 5.82 Å². The van der Waals surface area contributed by atoms with Crippen molar-refractivity contribution in [2.75, 3.05) is 11.9 Å². The van der Waals surface area contributed by atoms with Gasteiger partial charge in [-0.05, 0) is 30.7 Å². The van der Waals surface area contributed by atoms with Crippen molar-refractivity contribution in [3.8, 4) is 0 Å². The highest BCUT2D eigenvalue weighted by Crippen LogP contribution is 2.21. The second-order valence-electron chi connectivity index (χ2n) is 3.59. The molecule has 0 radical (unpaired) electrons. The Bertz CT molecular complexity index is 502. The minimum atomic E-state index is -0.437. The van der Waals surface area contributed by atoms with Crippen LogP contribution in [0.25, 0.3) is 10.9 Å². The Hall–Kier alpha value is -1.39. The SMILES string of the molecule is C[C@H](O)CNc1nc(Cl)nc2ccccc12. The number of aliphatic hydroxyl groups is 1. The van der Waals surface area contributed by atoms with Gasteiger partial charge in [0.2, 0.25) is 5.28 Å². The van der Waals surface area contributed by atoms with Crippen molar-refractivity contribution in [3.63, 3.8) is 0 Å². The van der Waals surface area contributed by atoms with Crippen LogP contribution in [0.15, 0.2) is 24.3 Å². The molecule has 0 saturated carbocycles. The molecule has 2 N–H and O–H groups in total. The van der Waals surface area contributed by atoms with E-state index in [1.807, 2.05) is 24.3 Å². The van der Waals surface area contributed by atoms with Crippen molar-refractivity contribution in [3.05, 3.63) is 29.5 Å². The zero-order valence-corrected chi connectivity index (χ0v) is 9.57. The van der Waals surface area contributed by atoms with Crippen molar-refractivity contribution in [2.24, 2.45) is 0 Å². The summed E-state index contributed by atoms with van der Waals surface area (Å²) in [5.41, 5.74) is 0.788. The summed E-state index contributed by atoms with van der Waals surface area (Å²) in [6.07, 6.45) is -0.437. The van der Waals surface area contributed by atoms with Gasteiger partial charge in [-0.15, -0.1) is 0 Å². The number of nitrogens with one attached hydrogen (secondary N) is 1. The average Bonchev–Trinajstić information content (AvgIpc) is 2.25. The maximum absolute atomic E-state index is 9.22. The molecule has 4 nitrogen and oxygen atoms in total. The number of benzene rings is 1. The van der Waals surface area contributed by atoms with Crippen LogP contribution in [0, 0.1) is 0 Å². The first-order valence-electron chi connectivity index (χ1n) is 5.01. The summed E-state index contributed by atoms with van der Waals surface area (Å²) in [5.74, 6) is 0.650. The van der Waals surface area contributed by atoms with E-state index < -0.39 is 6.10 Å². The van der Waals surface area contributed by atoms with Gasteiger partial charge >= 0.3 is 0 Å². The molecule has 0 aliphatic rings. The molecule has 2 rings (SSSR count). The van der Waals surface area contributed by atoms with Gasteiger partial charge in [0.25, 0.3) is 0 Å². The van der Waals surface area contributed by atoms with Crippen molar-refractivity contribution >= 4 is 28.3 Å². The molecule has 1 heterocycles. The van der Waals surface area contributed by atoms with E-state index in [-0.39, 0.29) is 5.28 Å². The van der Waals surface area contributed by atoms with E-state index in [1.54, 1.807) is 6.92 Å². The van der Waals surface area contributed by atoms with E-state index in [9.17, 15) is 5.11 Å². The van der Waals surface area contributed by atoms with E-state index in [4.69, 9.17) is 11.6 Å². The predicted octanol–water partition coefficient (Wildman–Crippen LogP) is 2.08. The fraction of sp³-hybridized carbons (Fsp3) is 0.273. The molecular weight excluding hydrogens is 226 g/mol. The molecular formula is C11H12ClN3O. The van der Waals surface area contributed by atoms with Crippen LogP contribution < -0.4 is 5.32 Å². The number of hydrogen-bond acceptors (Lipinski definition) is 4. The number of halogens is 1. The number of nitrogens with zero attached hydrogens (tertiary/aromatic N) is 2. The third kappa shape index (κ3) is 2.40. The summed E-state index contributed by atoms with van der Waals surface area (Å²) in [4.78, 5) is 8.22. The normalized spacial score (nSPS) is 12.7. The first-order chi connectivity index (χ1) is 7.66. The summed E-state index contributed by atoms with van der Waals surface area (Å²) >= 11 is 5.81. The van der Waals surface area contributed by atoms with E-state index in [2.05, 4.69) is 15.3 Å². The van der Waals surface area contributed by atoms with Crippen LogP contribution in [0.1, 0.15) is 6.92 Å². The topological polar surface area (TPSA) is 58.0 Å². The standard InChI is InChI=1S/C11H12ClN3O/c1-7(16)6-13-10-8-4-2-3-5-9(8)14-11(12)15-10/h2-5,7,16H,6H2,1H3,(H,13,14,15)/t7-/m0/s1. The number of para-hydroxylation sites is 1. The molecule has 0 aliphatic heterocycles. The van der Waals surface area contributed by atoms with Crippen LogP contribution >= 0.6 is 11.6 Å². The van der Waals surface area contributed by atoms with Crippen LogP contribution in [-0.4, -0.2) is 27.7 Å². The minimum absolute atomic E-state index is 0.201. The number of aromatic nitrogens is 2. The number of aliphatic hydroxyl groups excluding tert-OH is 1. The van der Waals surface area contributed by atoms with Gasteiger partial charge in [0, 0.05) is 11.9 Å². The highest BCUT2D eigenvalue weighted by atomic mass is 35.5. The number of hydrogen-bond donors (Lipinski definition) is 2. The minimum Gasteiger partial charge on any atom is -0.392 e. The smallest absolute Gasteiger partial charge is 0.224 e. The van der Waals surface area contributed by atoms with E-state index in [0.717, 1.165) is 10.9 Å². The molecule has 1 atom stereocenters. The van der Waals surface area contributed by atoms with Gasteiger partial charge in [-0.1, -0.05) is 12.1 Å². The van der Waals surface area contributed by atoms with Crippen LogP contribution in [-0.2, 0) is 0 Å². The lowest BCUT2D eigenvalue weighted by atomic mass is 10.2. The molecule has 1 aromatic heterocycles. The Balaban J connectivity index is 2.42. The highest BCUT2D eigenvalue weighted by molar-refractivity contribution is 6.28. The van der Waals surface area contributed by atoms with E-state index in [1.165, 1.54) is 0 Å². The fourth-order valence-electron chi connectivity index (χ4n) is 1.43. The quantitative estimate of drug-likeness (QED) is 0.803. The molecule has 84 valence electrons. The summed E-state index contributed by atoms with van der Waals surface area (Å²) in [6.45, 7) is 2.13. The van der Waals surface area contributed by atoms with Crippen molar-refractivity contribution < 1.29 is 5.11 Å². The lowest BCUT2D eigenvalue weighted by Gasteiger charge is -2.10. The number of anilines is 1. The molecule has 16 heavy (non-hydrogen) atoms. The summed E-state index contributed by atoms with van der Waals surface area (Å²) < 4.78 is 0. The van der Waals surface area contributed by atoms with Gasteiger partial charge in [-0.3, -0.25) is 0 Å². The van der Waals surface area contributed by atoms with Crippen molar-refractivity contribution in [2.45, 2.75) is 13.0 Å². The van der Waals surface area contributed by atoms with Gasteiger partial charge in [-0.2, -0.15) is 0 Å². The summed E-state index contributed by atoms with van der Waals surface area (Å²) in [5, 5.41) is 13.4. The predicted molar refractivity (Wildman–Crippen MR) is 64.7 cm³/mol. The van der Waals surface area contributed by atoms with Gasteiger partial charge in [-0.25, -0.2) is 9.97 Å². The largest absolute Gasteiger partial charge is 0.392 e. The third-order valence-corrected chi connectivity index (χ3v) is 2.31. The zero-order chi connectivity index (χ0) is 11.5. The second-order valence-corrected chi connectivity index (χ2v) is 3.93. The Kier molecular flexibility index (Phi) is 3.22. The molecule has 0 fully saturated rings. The third-order valence-electron chi connectivity index (χ3n) is 2.14. The van der Waals surface area contributed by atoms with Crippen LogP contribution in [0.2, 0.25) is 5.28 Å². The van der Waals surface area contributed by atoms with Crippen LogP contribution in [0.4, 0.5) is 5.82 Å². The Morgan fingerprint density at radius 3 is 2.88 bits per heavy atom. The van der Waals surface area contributed by atoms with Crippen LogP contribution in [0.5, 0.6) is 0 Å². The highest BCUT2D eigenvalue weighted by Gasteiger charge is 2.06. The summed E-state index contributed by atoms with van der Waals surface area (Å²) in [7, 11) is 0. The molecule has 0 amide bonds. The van der Waals surface area contributed by atoms with Crippen molar-refractivity contribution in [1.82, 2.24) is 9.97 Å². The molecule has 1 aromatic carbocycles. The Morgan fingerprint density at radius 1 is 1.38 bits per heavy atom. The molecule has 0 unspecified atom stereocenters. The van der Waals surface area contributed by atoms with Gasteiger partial charge < -0.3 is 10.4 Å². The van der Waals surface area contributed by atoms with Gasteiger partial charge in [0.15, 0.2) is 0 Å². The summed E-state index contributed by atoms with van der Waals surface area (Å²) in [6, 6.07) is 7.59. The maximum atomic E-state index is 9.22. The second kappa shape index (κ2) is 4.63. The molecule has 2 aromatic rings. The van der Waals surface area contributed by atoms with Gasteiger partial charge in [0.05, 0.1) is 11.6 Å². The fourth-order valence-corrected chi connectivity index (χ4v) is 1.60. The maximum Gasteiger partial charge on any atom is 0.224 e. The van der Waals surface area contributed by atoms with Crippen molar-refractivity contribution in [1.29, 1.82) is 0 Å². The zero-order valence-electron chi connectivity index (χ0n) is 8.81. The molecule has 0 saturated heterocycles. The first-order valence-corrected chi connectivity index (χ1v) is 5.39. The first kappa shape index (κ1) is 11.1. The number of rotatable bonds is 3. The van der Waals surface area contributed by atoms with E-state index >= 15 is 0 Å². The molecule has 5 heteroatoms. The average molecular weight is 238 g/mol. The van der Waals surface area contributed by atoms with E-state index in [0.29, 0.717) is 12.4 Å². The molecule has 0 aliphatic carbocycles. The lowest BCUT2D eigenvalue weighted by molar-refractivity contribution is 0.208. The Labute approximate surface area is 98.3 Å².